The minimum atomic E-state index is -0.0101. The van der Waals surface area contributed by atoms with Crippen LogP contribution in [0.25, 0.3) is 0 Å². The van der Waals surface area contributed by atoms with Gasteiger partial charge < -0.3 is 15.2 Å². The lowest BCUT2D eigenvalue weighted by Crippen LogP contribution is -2.29. The Morgan fingerprint density at radius 2 is 2.36 bits per heavy atom. The van der Waals surface area contributed by atoms with Crippen LogP contribution in [0.1, 0.15) is 18.4 Å². The van der Waals surface area contributed by atoms with E-state index >= 15 is 0 Å². The molecule has 0 aliphatic carbocycles. The Kier molecular flexibility index (Phi) is 4.12. The number of carbonyl (C=O) groups excluding carboxylic acids is 1. The number of rotatable bonds is 5. The number of aryl methyl sites for hydroxylation is 1. The highest BCUT2D eigenvalue weighted by Gasteiger charge is 1.98. The zero-order valence-electron chi connectivity index (χ0n) is 8.46. The molecule has 0 aromatic carbocycles. The second-order valence-corrected chi connectivity index (χ2v) is 3.09. The largest absolute Gasteiger partial charge is 0.361 e. The van der Waals surface area contributed by atoms with Crippen LogP contribution in [0.3, 0.4) is 0 Å². The molecule has 0 aliphatic rings. The molecule has 78 valence electrons. The van der Waals surface area contributed by atoms with Crippen molar-refractivity contribution in [1.29, 1.82) is 0 Å². The van der Waals surface area contributed by atoms with E-state index in [-0.39, 0.29) is 5.91 Å². The van der Waals surface area contributed by atoms with E-state index in [2.05, 4.69) is 15.8 Å². The number of carbonyl (C=O) groups is 1. The quantitative estimate of drug-likeness (QED) is 0.662. The smallest absolute Gasteiger partial charge is 0.216 e. The van der Waals surface area contributed by atoms with Crippen molar-refractivity contribution in [2.75, 3.05) is 13.1 Å². The van der Waals surface area contributed by atoms with Crippen LogP contribution in [0.2, 0.25) is 0 Å². The first-order valence-electron chi connectivity index (χ1n) is 4.56. The molecule has 0 bridgehead atoms. The van der Waals surface area contributed by atoms with Gasteiger partial charge in [-0.15, -0.1) is 0 Å². The van der Waals surface area contributed by atoms with Gasteiger partial charge >= 0.3 is 0 Å². The van der Waals surface area contributed by atoms with Gasteiger partial charge in [-0.05, 0) is 6.92 Å². The number of nitrogens with zero attached hydrogens (tertiary/aromatic N) is 1. The predicted octanol–water partition coefficient (Wildman–Crippen LogP) is 0.209. The molecule has 1 aromatic heterocycles. The van der Waals surface area contributed by atoms with E-state index < -0.39 is 0 Å². The summed E-state index contributed by atoms with van der Waals surface area (Å²) >= 11 is 0. The third-order valence-electron chi connectivity index (χ3n) is 1.66. The topological polar surface area (TPSA) is 67.2 Å². The fourth-order valence-electron chi connectivity index (χ4n) is 1.04. The van der Waals surface area contributed by atoms with Gasteiger partial charge in [-0.3, -0.25) is 4.79 Å². The summed E-state index contributed by atoms with van der Waals surface area (Å²) in [5.74, 6) is 0.799. The first-order chi connectivity index (χ1) is 6.68. The molecule has 0 radical (unpaired) electrons. The molecule has 0 spiro atoms. The highest BCUT2D eigenvalue weighted by Crippen LogP contribution is 1.99. The molecule has 0 saturated heterocycles. The molecule has 1 amide bonds. The highest BCUT2D eigenvalue weighted by molar-refractivity contribution is 5.72. The molecular formula is C9H15N3O2. The Hall–Kier alpha value is -1.36. The van der Waals surface area contributed by atoms with Crippen LogP contribution in [-0.2, 0) is 11.3 Å². The molecule has 1 rings (SSSR count). The summed E-state index contributed by atoms with van der Waals surface area (Å²) in [6.07, 6.45) is 0. The summed E-state index contributed by atoms with van der Waals surface area (Å²) in [4.78, 5) is 10.5. The maximum absolute atomic E-state index is 10.5. The van der Waals surface area contributed by atoms with Crippen LogP contribution in [-0.4, -0.2) is 24.2 Å². The first kappa shape index (κ1) is 10.7. The molecule has 0 saturated carbocycles. The molecule has 0 fully saturated rings. The maximum atomic E-state index is 10.5. The van der Waals surface area contributed by atoms with Gasteiger partial charge in [0.25, 0.3) is 0 Å². The summed E-state index contributed by atoms with van der Waals surface area (Å²) in [5.41, 5.74) is 0.880. The summed E-state index contributed by atoms with van der Waals surface area (Å²) in [5, 5.41) is 9.65. The average Bonchev–Trinajstić information content (AvgIpc) is 2.50. The van der Waals surface area contributed by atoms with Crippen LogP contribution < -0.4 is 10.6 Å². The molecule has 0 atom stereocenters. The third-order valence-corrected chi connectivity index (χ3v) is 1.66. The Morgan fingerprint density at radius 3 is 2.93 bits per heavy atom. The Labute approximate surface area is 82.8 Å². The van der Waals surface area contributed by atoms with E-state index in [9.17, 15) is 4.79 Å². The average molecular weight is 197 g/mol. The SMILES string of the molecule is CC(=O)NCCNCc1cc(C)on1. The Morgan fingerprint density at radius 1 is 1.57 bits per heavy atom. The van der Waals surface area contributed by atoms with E-state index in [4.69, 9.17) is 4.52 Å². The fraction of sp³-hybridized carbons (Fsp3) is 0.556. The second-order valence-electron chi connectivity index (χ2n) is 3.09. The van der Waals surface area contributed by atoms with E-state index in [1.54, 1.807) is 0 Å². The van der Waals surface area contributed by atoms with Crippen LogP contribution >= 0.6 is 0 Å². The monoisotopic (exact) mass is 197 g/mol. The molecule has 5 heteroatoms. The normalized spacial score (nSPS) is 10.1. The molecule has 0 aliphatic heterocycles. The minimum Gasteiger partial charge on any atom is -0.361 e. The molecular weight excluding hydrogens is 182 g/mol. The standard InChI is InChI=1S/C9H15N3O2/c1-7-5-9(12-14-7)6-10-3-4-11-8(2)13/h5,10H,3-4,6H2,1-2H3,(H,11,13). The molecule has 1 heterocycles. The fourth-order valence-corrected chi connectivity index (χ4v) is 1.04. The lowest BCUT2D eigenvalue weighted by atomic mass is 10.4. The highest BCUT2D eigenvalue weighted by atomic mass is 16.5. The predicted molar refractivity (Wildman–Crippen MR) is 51.6 cm³/mol. The van der Waals surface area contributed by atoms with Crippen LogP contribution in [0.15, 0.2) is 10.6 Å². The zero-order chi connectivity index (χ0) is 10.4. The summed E-state index contributed by atoms with van der Waals surface area (Å²) in [7, 11) is 0. The molecule has 0 unspecified atom stereocenters. The van der Waals surface area contributed by atoms with Crippen molar-refractivity contribution in [3.63, 3.8) is 0 Å². The number of amides is 1. The number of aromatic nitrogens is 1. The second kappa shape index (κ2) is 5.39. The van der Waals surface area contributed by atoms with Gasteiger partial charge in [0.05, 0.1) is 5.69 Å². The van der Waals surface area contributed by atoms with E-state index in [1.165, 1.54) is 6.92 Å². The van der Waals surface area contributed by atoms with Crippen molar-refractivity contribution in [1.82, 2.24) is 15.8 Å². The molecule has 2 N–H and O–H groups in total. The summed E-state index contributed by atoms with van der Waals surface area (Å²) in [6.45, 7) is 5.38. The van der Waals surface area contributed by atoms with E-state index in [0.29, 0.717) is 13.1 Å². The van der Waals surface area contributed by atoms with Crippen LogP contribution in [0.4, 0.5) is 0 Å². The van der Waals surface area contributed by atoms with E-state index in [1.807, 2.05) is 13.0 Å². The van der Waals surface area contributed by atoms with Gasteiger partial charge in [0.15, 0.2) is 0 Å². The molecule has 14 heavy (non-hydrogen) atoms. The van der Waals surface area contributed by atoms with Crippen molar-refractivity contribution in [2.45, 2.75) is 20.4 Å². The van der Waals surface area contributed by atoms with Gasteiger partial charge in [-0.2, -0.15) is 0 Å². The van der Waals surface area contributed by atoms with Gasteiger partial charge in [0.1, 0.15) is 5.76 Å². The van der Waals surface area contributed by atoms with Gasteiger partial charge in [0.2, 0.25) is 5.91 Å². The minimum absolute atomic E-state index is 0.0101. The third kappa shape index (κ3) is 4.04. The van der Waals surface area contributed by atoms with Gasteiger partial charge in [-0.25, -0.2) is 0 Å². The van der Waals surface area contributed by atoms with Crippen molar-refractivity contribution in [3.8, 4) is 0 Å². The van der Waals surface area contributed by atoms with Crippen LogP contribution in [0.5, 0.6) is 0 Å². The summed E-state index contributed by atoms with van der Waals surface area (Å²) < 4.78 is 4.90. The summed E-state index contributed by atoms with van der Waals surface area (Å²) in [6, 6.07) is 1.88. The van der Waals surface area contributed by atoms with Crippen molar-refractivity contribution < 1.29 is 9.32 Å². The van der Waals surface area contributed by atoms with E-state index in [0.717, 1.165) is 18.0 Å². The van der Waals surface area contributed by atoms with Crippen molar-refractivity contribution >= 4 is 5.91 Å². The molecule has 5 nitrogen and oxygen atoms in total. The first-order valence-corrected chi connectivity index (χ1v) is 4.56. The van der Waals surface area contributed by atoms with Gasteiger partial charge in [-0.1, -0.05) is 5.16 Å². The van der Waals surface area contributed by atoms with Gasteiger partial charge in [0, 0.05) is 32.6 Å². The zero-order valence-corrected chi connectivity index (χ0v) is 8.46. The lowest BCUT2D eigenvalue weighted by molar-refractivity contribution is -0.118. The lowest BCUT2D eigenvalue weighted by Gasteiger charge is -2.02. The van der Waals surface area contributed by atoms with Crippen molar-refractivity contribution in [2.24, 2.45) is 0 Å². The number of hydrogen-bond acceptors (Lipinski definition) is 4. The molecule has 1 aromatic rings. The Bertz CT molecular complexity index is 296. The van der Waals surface area contributed by atoms with Crippen LogP contribution in [0, 0.1) is 6.92 Å². The Balaban J connectivity index is 2.07. The number of hydrogen-bond donors (Lipinski definition) is 2. The van der Waals surface area contributed by atoms with Crippen molar-refractivity contribution in [3.05, 3.63) is 17.5 Å². The number of nitrogens with one attached hydrogen (secondary N) is 2. The maximum Gasteiger partial charge on any atom is 0.216 e.